The number of hydrogen-bond donors (Lipinski definition) is 1. The number of likely N-dealkylation sites (tertiary alicyclic amines) is 1. The lowest BCUT2D eigenvalue weighted by atomic mass is 9.86. The van der Waals surface area contributed by atoms with Crippen molar-refractivity contribution in [2.75, 3.05) is 13.1 Å². The first-order valence-corrected chi connectivity index (χ1v) is 11.1. The SMILES string of the molecule is NOC(CC1c2ccccc2-c2cncn21)C1CCN(C(=O)Cc2ccc(F)cc2)CC1. The molecule has 0 aliphatic carbocycles. The fraction of sp³-hybridized carbons (Fsp3) is 0.360. The highest BCUT2D eigenvalue weighted by molar-refractivity contribution is 5.78. The van der Waals surface area contributed by atoms with E-state index in [9.17, 15) is 9.18 Å². The van der Waals surface area contributed by atoms with Crippen LogP contribution in [0.1, 0.15) is 36.4 Å². The Kier molecular flexibility index (Phi) is 5.76. The highest BCUT2D eigenvalue weighted by Gasteiger charge is 2.35. The summed E-state index contributed by atoms with van der Waals surface area (Å²) in [7, 11) is 0. The van der Waals surface area contributed by atoms with Gasteiger partial charge < -0.3 is 14.3 Å². The number of nitrogens with two attached hydrogens (primary N) is 1. The van der Waals surface area contributed by atoms with Crippen molar-refractivity contribution in [1.29, 1.82) is 0 Å². The molecule has 1 amide bonds. The second kappa shape index (κ2) is 8.84. The molecule has 3 aromatic rings. The van der Waals surface area contributed by atoms with Gasteiger partial charge in [0.1, 0.15) is 5.82 Å². The van der Waals surface area contributed by atoms with Crippen LogP contribution < -0.4 is 5.90 Å². The van der Waals surface area contributed by atoms with Crippen LogP contribution in [-0.2, 0) is 16.1 Å². The van der Waals surface area contributed by atoms with E-state index in [4.69, 9.17) is 10.7 Å². The minimum Gasteiger partial charge on any atom is -0.342 e. The number of nitrogens with zero attached hydrogens (tertiary/aromatic N) is 3. The van der Waals surface area contributed by atoms with Gasteiger partial charge in [-0.15, -0.1) is 0 Å². The predicted octanol–water partition coefficient (Wildman–Crippen LogP) is 3.72. The molecule has 1 aromatic heterocycles. The van der Waals surface area contributed by atoms with Crippen molar-refractivity contribution in [3.8, 4) is 11.3 Å². The summed E-state index contributed by atoms with van der Waals surface area (Å²) in [6.45, 7) is 1.37. The van der Waals surface area contributed by atoms with Gasteiger partial charge >= 0.3 is 0 Å². The molecule has 2 aliphatic heterocycles. The first kappa shape index (κ1) is 20.8. The monoisotopic (exact) mass is 434 g/mol. The number of aromatic nitrogens is 2. The van der Waals surface area contributed by atoms with Crippen molar-refractivity contribution in [3.63, 3.8) is 0 Å². The maximum atomic E-state index is 13.1. The van der Waals surface area contributed by atoms with E-state index in [0.29, 0.717) is 19.5 Å². The summed E-state index contributed by atoms with van der Waals surface area (Å²) in [6, 6.07) is 14.7. The van der Waals surface area contributed by atoms with Crippen molar-refractivity contribution < 1.29 is 14.0 Å². The second-order valence-electron chi connectivity index (χ2n) is 8.72. The Morgan fingerprint density at radius 3 is 2.66 bits per heavy atom. The number of halogens is 1. The van der Waals surface area contributed by atoms with Gasteiger partial charge in [-0.2, -0.15) is 0 Å². The normalized spacial score (nSPS) is 18.9. The third-order valence-electron chi connectivity index (χ3n) is 6.91. The highest BCUT2D eigenvalue weighted by atomic mass is 19.1. The first-order valence-electron chi connectivity index (χ1n) is 11.1. The van der Waals surface area contributed by atoms with Crippen molar-refractivity contribution in [2.24, 2.45) is 11.8 Å². The first-order chi connectivity index (χ1) is 15.6. The summed E-state index contributed by atoms with van der Waals surface area (Å²) in [5.74, 6) is 5.84. The number of amides is 1. The van der Waals surface area contributed by atoms with Gasteiger partial charge in [-0.25, -0.2) is 15.3 Å². The van der Waals surface area contributed by atoms with Crippen molar-refractivity contribution in [3.05, 3.63) is 78.0 Å². The number of hydrogen-bond acceptors (Lipinski definition) is 4. The molecule has 1 fully saturated rings. The van der Waals surface area contributed by atoms with Crippen LogP contribution >= 0.6 is 0 Å². The van der Waals surface area contributed by atoms with Crippen LogP contribution in [0.25, 0.3) is 11.3 Å². The van der Waals surface area contributed by atoms with Crippen LogP contribution in [0.3, 0.4) is 0 Å². The Morgan fingerprint density at radius 2 is 1.91 bits per heavy atom. The molecule has 2 N–H and O–H groups in total. The van der Waals surface area contributed by atoms with Crippen molar-refractivity contribution in [2.45, 2.75) is 37.8 Å². The zero-order valence-electron chi connectivity index (χ0n) is 17.9. The Labute approximate surface area is 186 Å². The zero-order valence-corrected chi connectivity index (χ0v) is 17.9. The molecule has 0 saturated carbocycles. The number of carbonyl (C=O) groups excluding carboxylic acids is 1. The number of piperidine rings is 1. The third kappa shape index (κ3) is 3.94. The standard InChI is InChI=1S/C25H27FN4O2/c26-19-7-5-17(6-8-19)13-25(31)29-11-9-18(10-12-29)24(32-27)14-22-20-3-1-2-4-21(20)23-15-28-16-30(22)23/h1-8,15-16,18,22,24H,9-14,27H2. The van der Waals surface area contributed by atoms with E-state index in [2.05, 4.69) is 27.8 Å². The number of benzene rings is 2. The topological polar surface area (TPSA) is 73.4 Å². The quantitative estimate of drug-likeness (QED) is 0.600. The van der Waals surface area contributed by atoms with Crippen molar-refractivity contribution >= 4 is 5.91 Å². The molecule has 6 nitrogen and oxygen atoms in total. The summed E-state index contributed by atoms with van der Waals surface area (Å²) in [4.78, 5) is 24.4. The molecule has 2 unspecified atom stereocenters. The second-order valence-corrected chi connectivity index (χ2v) is 8.72. The summed E-state index contributed by atoms with van der Waals surface area (Å²) in [6.07, 6.45) is 6.45. The number of carbonyl (C=O) groups is 1. The average molecular weight is 435 g/mol. The third-order valence-corrected chi connectivity index (χ3v) is 6.91. The van der Waals surface area contributed by atoms with Crippen LogP contribution in [0.5, 0.6) is 0 Å². The maximum Gasteiger partial charge on any atom is 0.226 e. The van der Waals surface area contributed by atoms with Gasteiger partial charge in [0.05, 0.1) is 36.8 Å². The maximum absolute atomic E-state index is 13.1. The minimum absolute atomic E-state index is 0.0769. The van der Waals surface area contributed by atoms with Crippen LogP contribution in [0.4, 0.5) is 4.39 Å². The lowest BCUT2D eigenvalue weighted by molar-refractivity contribution is -0.132. The molecule has 32 heavy (non-hydrogen) atoms. The molecule has 1 saturated heterocycles. The Morgan fingerprint density at radius 1 is 1.16 bits per heavy atom. The molecule has 166 valence electrons. The summed E-state index contributed by atoms with van der Waals surface area (Å²) in [5, 5.41) is 0. The summed E-state index contributed by atoms with van der Waals surface area (Å²) < 4.78 is 15.3. The minimum atomic E-state index is -0.289. The summed E-state index contributed by atoms with van der Waals surface area (Å²) >= 11 is 0. The fourth-order valence-electron chi connectivity index (χ4n) is 5.16. The van der Waals surface area contributed by atoms with Gasteiger partial charge in [0.25, 0.3) is 0 Å². The van der Waals surface area contributed by atoms with E-state index >= 15 is 0 Å². The zero-order chi connectivity index (χ0) is 22.1. The number of rotatable bonds is 6. The van der Waals surface area contributed by atoms with Gasteiger partial charge in [-0.1, -0.05) is 36.4 Å². The molecule has 0 bridgehead atoms. The Balaban J connectivity index is 1.21. The van der Waals surface area contributed by atoms with E-state index in [1.54, 1.807) is 12.1 Å². The average Bonchev–Trinajstić information content (AvgIpc) is 3.41. The molecule has 2 aliphatic rings. The highest BCUT2D eigenvalue weighted by Crippen LogP contribution is 2.42. The van der Waals surface area contributed by atoms with Gasteiger partial charge in [-0.05, 0) is 42.0 Å². The van der Waals surface area contributed by atoms with Gasteiger partial charge in [-0.3, -0.25) is 4.79 Å². The van der Waals surface area contributed by atoms with Gasteiger partial charge in [0.2, 0.25) is 5.91 Å². The van der Waals surface area contributed by atoms with E-state index in [0.717, 1.165) is 30.5 Å². The number of imidazole rings is 1. The number of fused-ring (bicyclic) bond motifs is 3. The Hall–Kier alpha value is -3.03. The lowest BCUT2D eigenvalue weighted by Crippen LogP contribution is -2.43. The van der Waals surface area contributed by atoms with Gasteiger partial charge in [0.15, 0.2) is 0 Å². The molecule has 7 heteroatoms. The van der Waals surface area contributed by atoms with Crippen molar-refractivity contribution in [1.82, 2.24) is 14.5 Å². The lowest BCUT2D eigenvalue weighted by Gasteiger charge is -2.36. The van der Waals surface area contributed by atoms with E-state index in [1.165, 1.54) is 23.3 Å². The van der Waals surface area contributed by atoms with Crippen LogP contribution in [0, 0.1) is 11.7 Å². The Bertz CT molecular complexity index is 1090. The van der Waals surface area contributed by atoms with Crippen LogP contribution in [0.2, 0.25) is 0 Å². The summed E-state index contributed by atoms with van der Waals surface area (Å²) in [5.41, 5.74) is 4.45. The van der Waals surface area contributed by atoms with E-state index in [1.807, 2.05) is 23.5 Å². The van der Waals surface area contributed by atoms with Crippen LogP contribution in [-0.4, -0.2) is 39.6 Å². The van der Waals surface area contributed by atoms with Crippen LogP contribution in [0.15, 0.2) is 61.1 Å². The smallest absolute Gasteiger partial charge is 0.226 e. The molecule has 5 rings (SSSR count). The predicted molar refractivity (Wildman–Crippen MR) is 119 cm³/mol. The molecule has 2 aromatic carbocycles. The van der Waals surface area contributed by atoms with E-state index in [-0.39, 0.29) is 29.8 Å². The molecular formula is C25H27FN4O2. The molecule has 2 atom stereocenters. The molecule has 0 spiro atoms. The largest absolute Gasteiger partial charge is 0.342 e. The molecule has 0 radical (unpaired) electrons. The van der Waals surface area contributed by atoms with E-state index < -0.39 is 0 Å². The fourth-order valence-corrected chi connectivity index (χ4v) is 5.16. The van der Waals surface area contributed by atoms with Gasteiger partial charge in [0, 0.05) is 25.1 Å². The molecular weight excluding hydrogens is 407 g/mol. The molecule has 3 heterocycles.